The zero-order chi connectivity index (χ0) is 17.5. The Balaban J connectivity index is 2.45. The van der Waals surface area contributed by atoms with Crippen LogP contribution >= 0.6 is 0 Å². The average molecular weight is 321 g/mol. The number of hydrogen-bond donors (Lipinski definition) is 2. The zero-order valence-electron chi connectivity index (χ0n) is 13.9. The Morgan fingerprint density at radius 1 is 1.30 bits per heavy atom. The molecule has 1 amide bonds. The number of nitrogens with one attached hydrogen (secondary N) is 1. The monoisotopic (exact) mass is 321 g/mol. The van der Waals surface area contributed by atoms with E-state index in [1.54, 1.807) is 32.9 Å². The fourth-order valence-electron chi connectivity index (χ4n) is 1.73. The number of alkyl carbamates (subject to hydrolysis) is 1. The first-order chi connectivity index (χ1) is 10.7. The van der Waals surface area contributed by atoms with Gasteiger partial charge in [0.25, 0.3) is 0 Å². The van der Waals surface area contributed by atoms with E-state index in [0.29, 0.717) is 13.0 Å². The summed E-state index contributed by atoms with van der Waals surface area (Å²) in [4.78, 5) is 22.8. The molecular weight excluding hydrogens is 298 g/mol. The molecule has 6 heteroatoms. The van der Waals surface area contributed by atoms with Gasteiger partial charge in [-0.05, 0) is 44.9 Å². The largest absolute Gasteiger partial charge is 0.507 e. The highest BCUT2D eigenvalue weighted by Crippen LogP contribution is 2.20. The van der Waals surface area contributed by atoms with E-state index < -0.39 is 17.7 Å². The molecular formula is C17H23NO5. The number of phenols is 1. The summed E-state index contributed by atoms with van der Waals surface area (Å²) in [6.45, 7) is 5.85. The van der Waals surface area contributed by atoms with E-state index in [-0.39, 0.29) is 11.3 Å². The van der Waals surface area contributed by atoms with E-state index in [1.807, 2.05) is 6.08 Å². The first kappa shape index (κ1) is 18.5. The highest BCUT2D eigenvalue weighted by atomic mass is 16.6. The second-order valence-corrected chi connectivity index (χ2v) is 5.89. The molecule has 0 aliphatic carbocycles. The van der Waals surface area contributed by atoms with Crippen molar-refractivity contribution in [3.05, 3.63) is 35.4 Å². The molecule has 0 fully saturated rings. The molecule has 1 aromatic rings. The molecule has 0 aliphatic heterocycles. The highest BCUT2D eigenvalue weighted by Gasteiger charge is 2.15. The SMILES string of the molecule is COC(=O)c1ccc(C=CCCNC(=O)OC(C)(C)C)cc1O. The molecule has 0 bridgehead atoms. The van der Waals surface area contributed by atoms with E-state index in [9.17, 15) is 14.7 Å². The van der Waals surface area contributed by atoms with Crippen molar-refractivity contribution in [3.63, 3.8) is 0 Å². The molecule has 0 unspecified atom stereocenters. The van der Waals surface area contributed by atoms with E-state index in [4.69, 9.17) is 4.74 Å². The molecule has 2 N–H and O–H groups in total. The molecule has 126 valence electrons. The quantitative estimate of drug-likeness (QED) is 0.643. The Morgan fingerprint density at radius 3 is 2.57 bits per heavy atom. The lowest BCUT2D eigenvalue weighted by Crippen LogP contribution is -2.32. The molecule has 0 saturated carbocycles. The summed E-state index contributed by atoms with van der Waals surface area (Å²) in [7, 11) is 1.26. The maximum absolute atomic E-state index is 11.4. The van der Waals surface area contributed by atoms with Gasteiger partial charge in [-0.1, -0.05) is 18.2 Å². The third kappa shape index (κ3) is 6.86. The standard InChI is InChI=1S/C17H23NO5/c1-17(2,3)23-16(21)18-10-6-5-7-12-8-9-13(14(19)11-12)15(20)22-4/h5,7-9,11,19H,6,10H2,1-4H3,(H,18,21). The van der Waals surface area contributed by atoms with Gasteiger partial charge in [0, 0.05) is 6.54 Å². The van der Waals surface area contributed by atoms with Crippen molar-refractivity contribution in [2.75, 3.05) is 13.7 Å². The number of carbonyl (C=O) groups excluding carboxylic acids is 2. The maximum Gasteiger partial charge on any atom is 0.407 e. The van der Waals surface area contributed by atoms with Gasteiger partial charge in [-0.25, -0.2) is 9.59 Å². The Morgan fingerprint density at radius 2 is 2.00 bits per heavy atom. The normalized spacial score (nSPS) is 11.3. The minimum atomic E-state index is -0.584. The number of amides is 1. The van der Waals surface area contributed by atoms with Crippen LogP contribution in [-0.2, 0) is 9.47 Å². The third-order valence-corrected chi connectivity index (χ3v) is 2.72. The van der Waals surface area contributed by atoms with Gasteiger partial charge in [-0.15, -0.1) is 0 Å². The summed E-state index contributed by atoms with van der Waals surface area (Å²) in [5.41, 5.74) is 0.349. The van der Waals surface area contributed by atoms with Crippen LogP contribution in [0.15, 0.2) is 24.3 Å². The van der Waals surface area contributed by atoms with Crippen molar-refractivity contribution < 1.29 is 24.2 Å². The van der Waals surface area contributed by atoms with Crippen molar-refractivity contribution in [1.29, 1.82) is 0 Å². The zero-order valence-corrected chi connectivity index (χ0v) is 13.9. The molecule has 0 spiro atoms. The van der Waals surface area contributed by atoms with E-state index in [0.717, 1.165) is 5.56 Å². The number of ether oxygens (including phenoxy) is 2. The number of benzene rings is 1. The molecule has 0 heterocycles. The summed E-state index contributed by atoms with van der Waals surface area (Å²) in [6, 6.07) is 4.67. The Bertz CT molecular complexity index is 587. The number of methoxy groups -OCH3 is 1. The number of hydrogen-bond acceptors (Lipinski definition) is 5. The van der Waals surface area contributed by atoms with Crippen LogP contribution < -0.4 is 5.32 Å². The van der Waals surface area contributed by atoms with Gasteiger partial charge in [-0.3, -0.25) is 0 Å². The van der Waals surface area contributed by atoms with Crippen molar-refractivity contribution in [3.8, 4) is 5.75 Å². The Labute approximate surface area is 136 Å². The van der Waals surface area contributed by atoms with Crippen molar-refractivity contribution in [1.82, 2.24) is 5.32 Å². The second-order valence-electron chi connectivity index (χ2n) is 5.89. The first-order valence-electron chi connectivity index (χ1n) is 7.27. The van der Waals surface area contributed by atoms with Gasteiger partial charge in [-0.2, -0.15) is 0 Å². The molecule has 1 aromatic carbocycles. The van der Waals surface area contributed by atoms with Crippen LogP contribution in [0.25, 0.3) is 6.08 Å². The van der Waals surface area contributed by atoms with Crippen molar-refractivity contribution >= 4 is 18.1 Å². The second kappa shape index (κ2) is 8.22. The predicted octanol–water partition coefficient (Wildman–Crippen LogP) is 3.11. The molecule has 0 saturated heterocycles. The van der Waals surface area contributed by atoms with Crippen LogP contribution in [0.2, 0.25) is 0 Å². The molecule has 23 heavy (non-hydrogen) atoms. The van der Waals surface area contributed by atoms with E-state index in [1.165, 1.54) is 19.2 Å². The van der Waals surface area contributed by atoms with Crippen LogP contribution in [0.4, 0.5) is 4.79 Å². The molecule has 0 radical (unpaired) electrons. The highest BCUT2D eigenvalue weighted by molar-refractivity contribution is 5.92. The van der Waals surface area contributed by atoms with Crippen molar-refractivity contribution in [2.24, 2.45) is 0 Å². The molecule has 6 nitrogen and oxygen atoms in total. The molecule has 0 aromatic heterocycles. The van der Waals surface area contributed by atoms with Crippen LogP contribution in [0.1, 0.15) is 43.1 Å². The lowest BCUT2D eigenvalue weighted by atomic mass is 10.1. The topological polar surface area (TPSA) is 84.9 Å². The van der Waals surface area contributed by atoms with E-state index in [2.05, 4.69) is 10.1 Å². The maximum atomic E-state index is 11.4. The fraction of sp³-hybridized carbons (Fsp3) is 0.412. The number of rotatable bonds is 5. The van der Waals surface area contributed by atoms with Crippen molar-refractivity contribution in [2.45, 2.75) is 32.8 Å². The number of phenolic OH excluding ortho intramolecular Hbond substituents is 1. The van der Waals surface area contributed by atoms with Gasteiger partial charge >= 0.3 is 12.1 Å². The minimum absolute atomic E-state index is 0.122. The summed E-state index contributed by atoms with van der Waals surface area (Å²) in [5, 5.41) is 12.4. The van der Waals surface area contributed by atoms with Crippen LogP contribution in [0.3, 0.4) is 0 Å². The summed E-state index contributed by atoms with van der Waals surface area (Å²) in [6.07, 6.45) is 3.80. The fourth-order valence-corrected chi connectivity index (χ4v) is 1.73. The number of aromatic hydroxyl groups is 1. The number of carbonyl (C=O) groups is 2. The minimum Gasteiger partial charge on any atom is -0.507 e. The molecule has 0 aliphatic rings. The molecule has 0 atom stereocenters. The van der Waals surface area contributed by atoms with Gasteiger partial charge in [0.2, 0.25) is 0 Å². The first-order valence-corrected chi connectivity index (χ1v) is 7.27. The average Bonchev–Trinajstić information content (AvgIpc) is 2.44. The predicted molar refractivity (Wildman–Crippen MR) is 87.3 cm³/mol. The van der Waals surface area contributed by atoms with Crippen LogP contribution in [-0.4, -0.2) is 36.4 Å². The van der Waals surface area contributed by atoms with Crippen LogP contribution in [0.5, 0.6) is 5.75 Å². The van der Waals surface area contributed by atoms with Gasteiger partial charge < -0.3 is 19.9 Å². The lowest BCUT2D eigenvalue weighted by Gasteiger charge is -2.19. The number of esters is 1. The Kier molecular flexibility index (Phi) is 6.63. The van der Waals surface area contributed by atoms with Crippen LogP contribution in [0, 0.1) is 0 Å². The van der Waals surface area contributed by atoms with E-state index >= 15 is 0 Å². The summed E-state index contributed by atoms with van der Waals surface area (Å²) in [5.74, 6) is -0.717. The Hall–Kier alpha value is -2.50. The molecule has 1 rings (SSSR count). The smallest absolute Gasteiger partial charge is 0.407 e. The summed E-state index contributed by atoms with van der Waals surface area (Å²) >= 11 is 0. The van der Waals surface area contributed by atoms with Gasteiger partial charge in [0.1, 0.15) is 16.9 Å². The van der Waals surface area contributed by atoms with Gasteiger partial charge in [0.15, 0.2) is 0 Å². The summed E-state index contributed by atoms with van der Waals surface area (Å²) < 4.78 is 9.67. The lowest BCUT2D eigenvalue weighted by molar-refractivity contribution is 0.0527. The third-order valence-electron chi connectivity index (χ3n) is 2.72. The van der Waals surface area contributed by atoms with Gasteiger partial charge in [0.05, 0.1) is 7.11 Å².